The summed E-state index contributed by atoms with van der Waals surface area (Å²) in [5.74, 6) is 0.638. The second-order valence-electron chi connectivity index (χ2n) is 4.03. The van der Waals surface area contributed by atoms with Gasteiger partial charge in [-0.2, -0.15) is 11.8 Å². The van der Waals surface area contributed by atoms with Crippen LogP contribution < -0.4 is 11.1 Å². The zero-order valence-electron chi connectivity index (χ0n) is 10.7. The van der Waals surface area contributed by atoms with Crippen LogP contribution in [0.5, 0.6) is 0 Å². The highest BCUT2D eigenvalue weighted by Crippen LogP contribution is 2.11. The van der Waals surface area contributed by atoms with Gasteiger partial charge in [-0.1, -0.05) is 12.1 Å². The van der Waals surface area contributed by atoms with Crippen molar-refractivity contribution >= 4 is 23.4 Å². The minimum Gasteiger partial charge on any atom is -0.351 e. The van der Waals surface area contributed by atoms with Crippen LogP contribution in [0.15, 0.2) is 24.3 Å². The highest BCUT2D eigenvalue weighted by atomic mass is 32.2. The number of carbonyl (C=O) groups excluding carboxylic acids is 1. The number of thioether (sulfide) groups is 1. The minimum absolute atomic E-state index is 0.0340. The first-order chi connectivity index (χ1) is 9.04. The van der Waals surface area contributed by atoms with Crippen LogP contribution in [-0.4, -0.2) is 28.9 Å². The van der Waals surface area contributed by atoms with Crippen LogP contribution in [0.4, 0.5) is 5.69 Å². The van der Waals surface area contributed by atoms with Crippen LogP contribution in [0.3, 0.4) is 0 Å². The predicted octanol–water partition coefficient (Wildman–Crippen LogP) is 1.29. The Balaban J connectivity index is 2.43. The lowest BCUT2D eigenvalue weighted by atomic mass is 10.2. The standard InChI is InChI=1S/C12H17N3O3S/c1-19-7-6-11(13)12(16)14-8-9-2-4-10(5-3-9)15(17)18/h2-5,11H,6-8,13H2,1H3,(H,14,16)/t11-/m0/s1. The highest BCUT2D eigenvalue weighted by Gasteiger charge is 2.12. The van der Waals surface area contributed by atoms with E-state index < -0.39 is 11.0 Å². The molecule has 1 atom stereocenters. The molecule has 0 aliphatic carbocycles. The van der Waals surface area contributed by atoms with E-state index in [1.165, 1.54) is 12.1 Å². The maximum Gasteiger partial charge on any atom is 0.269 e. The molecule has 7 heteroatoms. The lowest BCUT2D eigenvalue weighted by molar-refractivity contribution is -0.384. The topological polar surface area (TPSA) is 98.3 Å². The van der Waals surface area contributed by atoms with Crippen LogP contribution in [0.2, 0.25) is 0 Å². The van der Waals surface area contributed by atoms with E-state index in [9.17, 15) is 14.9 Å². The Kier molecular flexibility index (Phi) is 6.31. The monoisotopic (exact) mass is 283 g/mol. The number of nitro benzene ring substituents is 1. The first-order valence-electron chi connectivity index (χ1n) is 5.80. The van der Waals surface area contributed by atoms with Gasteiger partial charge in [-0.15, -0.1) is 0 Å². The summed E-state index contributed by atoms with van der Waals surface area (Å²) in [7, 11) is 0. The van der Waals surface area contributed by atoms with E-state index in [2.05, 4.69) is 5.32 Å². The first-order valence-corrected chi connectivity index (χ1v) is 7.19. The van der Waals surface area contributed by atoms with Gasteiger partial charge in [0.1, 0.15) is 0 Å². The minimum atomic E-state index is -0.509. The van der Waals surface area contributed by atoms with Crippen molar-refractivity contribution in [3.05, 3.63) is 39.9 Å². The number of benzene rings is 1. The van der Waals surface area contributed by atoms with E-state index in [1.807, 2.05) is 6.26 Å². The SMILES string of the molecule is CSCC[C@H](N)C(=O)NCc1ccc([N+](=O)[O-])cc1. The molecule has 1 rings (SSSR count). The second kappa shape index (κ2) is 7.75. The molecule has 0 spiro atoms. The molecule has 0 aliphatic heterocycles. The molecule has 0 heterocycles. The van der Waals surface area contributed by atoms with Crippen molar-refractivity contribution < 1.29 is 9.72 Å². The maximum absolute atomic E-state index is 11.6. The lowest BCUT2D eigenvalue weighted by Crippen LogP contribution is -2.40. The van der Waals surface area contributed by atoms with E-state index in [1.54, 1.807) is 23.9 Å². The molecule has 0 aliphatic rings. The van der Waals surface area contributed by atoms with E-state index in [0.29, 0.717) is 13.0 Å². The summed E-state index contributed by atoms with van der Waals surface area (Å²) < 4.78 is 0. The predicted molar refractivity (Wildman–Crippen MR) is 75.9 cm³/mol. The zero-order valence-corrected chi connectivity index (χ0v) is 11.5. The molecule has 1 aromatic rings. The molecule has 0 aromatic heterocycles. The van der Waals surface area contributed by atoms with Crippen molar-refractivity contribution in [3.8, 4) is 0 Å². The number of hydrogen-bond donors (Lipinski definition) is 2. The van der Waals surface area contributed by atoms with Gasteiger partial charge >= 0.3 is 0 Å². The van der Waals surface area contributed by atoms with Gasteiger partial charge < -0.3 is 11.1 Å². The third kappa shape index (κ3) is 5.27. The summed E-state index contributed by atoms with van der Waals surface area (Å²) >= 11 is 1.64. The average molecular weight is 283 g/mol. The van der Waals surface area contributed by atoms with Gasteiger partial charge in [0.25, 0.3) is 5.69 Å². The Morgan fingerprint density at radius 2 is 2.11 bits per heavy atom. The van der Waals surface area contributed by atoms with Gasteiger partial charge in [-0.25, -0.2) is 0 Å². The normalized spacial score (nSPS) is 11.9. The van der Waals surface area contributed by atoms with Crippen molar-refractivity contribution in [1.29, 1.82) is 0 Å². The molecule has 19 heavy (non-hydrogen) atoms. The zero-order chi connectivity index (χ0) is 14.3. The number of nitrogens with two attached hydrogens (primary N) is 1. The number of hydrogen-bond acceptors (Lipinski definition) is 5. The third-order valence-electron chi connectivity index (χ3n) is 2.58. The quantitative estimate of drug-likeness (QED) is 0.580. The van der Waals surface area contributed by atoms with Crippen LogP contribution in [0, 0.1) is 10.1 Å². The first kappa shape index (κ1) is 15.5. The number of rotatable bonds is 7. The summed E-state index contributed by atoms with van der Waals surface area (Å²) in [4.78, 5) is 21.7. The molecule has 1 aromatic carbocycles. The molecule has 104 valence electrons. The molecule has 0 saturated heterocycles. The summed E-state index contributed by atoms with van der Waals surface area (Å²) in [6.45, 7) is 0.323. The Morgan fingerprint density at radius 3 is 2.63 bits per heavy atom. The summed E-state index contributed by atoms with van der Waals surface area (Å²) in [5, 5.41) is 13.2. The van der Waals surface area contributed by atoms with Crippen LogP contribution in [0.25, 0.3) is 0 Å². The van der Waals surface area contributed by atoms with Crippen molar-refractivity contribution in [2.24, 2.45) is 5.73 Å². The van der Waals surface area contributed by atoms with Gasteiger partial charge in [0.2, 0.25) is 5.91 Å². The summed E-state index contributed by atoms with van der Waals surface area (Å²) in [5.41, 5.74) is 6.55. The molecular formula is C12H17N3O3S. The van der Waals surface area contributed by atoms with Gasteiger partial charge in [0.05, 0.1) is 11.0 Å². The smallest absolute Gasteiger partial charge is 0.269 e. The fourth-order valence-corrected chi connectivity index (χ4v) is 1.92. The van der Waals surface area contributed by atoms with E-state index in [4.69, 9.17) is 5.73 Å². The third-order valence-corrected chi connectivity index (χ3v) is 3.23. The van der Waals surface area contributed by atoms with E-state index in [0.717, 1.165) is 11.3 Å². The van der Waals surface area contributed by atoms with Gasteiger partial charge in [-0.3, -0.25) is 14.9 Å². The number of nitrogens with one attached hydrogen (secondary N) is 1. The molecule has 0 fully saturated rings. The molecule has 3 N–H and O–H groups in total. The Morgan fingerprint density at radius 1 is 1.47 bits per heavy atom. The molecular weight excluding hydrogens is 266 g/mol. The van der Waals surface area contributed by atoms with E-state index in [-0.39, 0.29) is 11.6 Å². The Labute approximate surface area is 115 Å². The summed E-state index contributed by atoms with van der Waals surface area (Å²) in [6, 6.07) is 5.55. The Bertz CT molecular complexity index is 436. The number of nitro groups is 1. The number of amides is 1. The van der Waals surface area contributed by atoms with Gasteiger partial charge in [0.15, 0.2) is 0 Å². The van der Waals surface area contributed by atoms with Crippen molar-refractivity contribution in [2.45, 2.75) is 19.0 Å². The lowest BCUT2D eigenvalue weighted by Gasteiger charge is -2.11. The number of nitrogens with zero attached hydrogens (tertiary/aromatic N) is 1. The van der Waals surface area contributed by atoms with E-state index >= 15 is 0 Å². The summed E-state index contributed by atoms with van der Waals surface area (Å²) in [6.07, 6.45) is 2.59. The fourth-order valence-electron chi connectivity index (χ4n) is 1.43. The number of carbonyl (C=O) groups is 1. The Hall–Kier alpha value is -1.60. The van der Waals surface area contributed by atoms with Crippen molar-refractivity contribution in [2.75, 3.05) is 12.0 Å². The van der Waals surface area contributed by atoms with Gasteiger partial charge in [0, 0.05) is 18.7 Å². The molecule has 0 bridgehead atoms. The van der Waals surface area contributed by atoms with Crippen LogP contribution in [-0.2, 0) is 11.3 Å². The van der Waals surface area contributed by atoms with Crippen LogP contribution >= 0.6 is 11.8 Å². The molecule has 0 saturated carbocycles. The van der Waals surface area contributed by atoms with Crippen molar-refractivity contribution in [3.63, 3.8) is 0 Å². The highest BCUT2D eigenvalue weighted by molar-refractivity contribution is 7.98. The van der Waals surface area contributed by atoms with Crippen LogP contribution in [0.1, 0.15) is 12.0 Å². The largest absolute Gasteiger partial charge is 0.351 e. The average Bonchev–Trinajstić information content (AvgIpc) is 2.42. The van der Waals surface area contributed by atoms with Gasteiger partial charge in [-0.05, 0) is 24.0 Å². The molecule has 0 unspecified atom stereocenters. The molecule has 6 nitrogen and oxygen atoms in total. The van der Waals surface area contributed by atoms with Crippen molar-refractivity contribution in [1.82, 2.24) is 5.32 Å². The second-order valence-corrected chi connectivity index (χ2v) is 5.01. The molecule has 0 radical (unpaired) electrons. The number of non-ortho nitro benzene ring substituents is 1. The maximum atomic E-state index is 11.6. The fraction of sp³-hybridized carbons (Fsp3) is 0.417. The molecule has 1 amide bonds.